The predicted octanol–water partition coefficient (Wildman–Crippen LogP) is 1.71. The van der Waals surface area contributed by atoms with Crippen LogP contribution < -0.4 is 5.32 Å². The number of nitrogens with one attached hydrogen (secondary N) is 1. The minimum absolute atomic E-state index is 0.0574. The quantitative estimate of drug-likeness (QED) is 0.777. The van der Waals surface area contributed by atoms with Gasteiger partial charge in [-0.3, -0.25) is 4.79 Å². The van der Waals surface area contributed by atoms with Gasteiger partial charge in [-0.2, -0.15) is 0 Å². The van der Waals surface area contributed by atoms with Gasteiger partial charge in [0.15, 0.2) is 0 Å². The molecule has 0 aliphatic carbocycles. The molecule has 0 saturated carbocycles. The second kappa shape index (κ2) is 5.82. The highest BCUT2D eigenvalue weighted by Gasteiger charge is 2.03. The van der Waals surface area contributed by atoms with Gasteiger partial charge in [0.2, 0.25) is 5.91 Å². The Bertz CT molecular complexity index is 407. The van der Waals surface area contributed by atoms with Gasteiger partial charge in [0.05, 0.1) is 6.54 Å². The fourth-order valence-electron chi connectivity index (χ4n) is 1.32. The number of carbonyl (C=O) groups is 1. The topological polar surface area (TPSA) is 32.3 Å². The molecule has 1 amide bonds. The molecular formula is C13H16N2O. The first-order chi connectivity index (χ1) is 7.63. The Morgan fingerprint density at radius 1 is 1.56 bits per heavy atom. The third-order valence-corrected chi connectivity index (χ3v) is 2.28. The maximum Gasteiger partial charge on any atom is 0.219 e. The average molecular weight is 216 g/mol. The van der Waals surface area contributed by atoms with Crippen molar-refractivity contribution in [1.29, 1.82) is 0 Å². The number of amides is 1. The number of hydrogen-bond donors (Lipinski definition) is 1. The molecule has 0 saturated heterocycles. The standard InChI is InChI=1S/C13H16N2O/c1-4-8-14-13-7-5-6-12(9-13)10-15(3)11(2)16/h1,5-7,9,14H,8,10H2,2-3H3. The number of nitrogens with zero attached hydrogens (tertiary/aromatic N) is 1. The molecule has 1 aromatic rings. The summed E-state index contributed by atoms with van der Waals surface area (Å²) in [5.74, 6) is 2.58. The molecule has 0 heterocycles. The van der Waals surface area contributed by atoms with E-state index in [1.54, 1.807) is 18.9 Å². The lowest BCUT2D eigenvalue weighted by atomic mass is 10.2. The van der Waals surface area contributed by atoms with Crippen LogP contribution in [0.15, 0.2) is 24.3 Å². The van der Waals surface area contributed by atoms with Gasteiger partial charge >= 0.3 is 0 Å². The highest BCUT2D eigenvalue weighted by molar-refractivity contribution is 5.72. The third-order valence-electron chi connectivity index (χ3n) is 2.28. The summed E-state index contributed by atoms with van der Waals surface area (Å²) < 4.78 is 0. The van der Waals surface area contributed by atoms with Crippen molar-refractivity contribution in [1.82, 2.24) is 4.90 Å². The first-order valence-corrected chi connectivity index (χ1v) is 5.11. The number of benzene rings is 1. The highest BCUT2D eigenvalue weighted by atomic mass is 16.2. The van der Waals surface area contributed by atoms with Crippen molar-refractivity contribution in [2.75, 3.05) is 18.9 Å². The lowest BCUT2D eigenvalue weighted by Gasteiger charge is -2.15. The summed E-state index contributed by atoms with van der Waals surface area (Å²) in [6, 6.07) is 7.88. The van der Waals surface area contributed by atoms with Gasteiger partial charge in [0.1, 0.15) is 0 Å². The van der Waals surface area contributed by atoms with Crippen molar-refractivity contribution in [3.05, 3.63) is 29.8 Å². The van der Waals surface area contributed by atoms with E-state index >= 15 is 0 Å². The molecular weight excluding hydrogens is 200 g/mol. The molecule has 3 nitrogen and oxygen atoms in total. The zero-order valence-corrected chi connectivity index (χ0v) is 9.66. The van der Waals surface area contributed by atoms with Gasteiger partial charge in [-0.25, -0.2) is 0 Å². The van der Waals surface area contributed by atoms with Crippen molar-refractivity contribution in [3.63, 3.8) is 0 Å². The predicted molar refractivity (Wildman–Crippen MR) is 65.9 cm³/mol. The number of carbonyl (C=O) groups excluding carboxylic acids is 1. The molecule has 0 spiro atoms. The van der Waals surface area contributed by atoms with Gasteiger partial charge in [-0.1, -0.05) is 18.1 Å². The van der Waals surface area contributed by atoms with E-state index in [-0.39, 0.29) is 5.91 Å². The van der Waals surface area contributed by atoms with E-state index in [9.17, 15) is 4.79 Å². The highest BCUT2D eigenvalue weighted by Crippen LogP contribution is 2.11. The Kier molecular flexibility index (Phi) is 4.41. The summed E-state index contributed by atoms with van der Waals surface area (Å²) in [6.45, 7) is 2.67. The zero-order chi connectivity index (χ0) is 12.0. The van der Waals surface area contributed by atoms with E-state index in [0.717, 1.165) is 11.3 Å². The van der Waals surface area contributed by atoms with Crippen LogP contribution in [0.3, 0.4) is 0 Å². The largest absolute Gasteiger partial charge is 0.374 e. The van der Waals surface area contributed by atoms with Crippen LogP contribution in [0.25, 0.3) is 0 Å². The molecule has 1 N–H and O–H groups in total. The molecule has 0 bridgehead atoms. The Labute approximate surface area is 96.5 Å². The van der Waals surface area contributed by atoms with Crippen molar-refractivity contribution < 1.29 is 4.79 Å². The fraction of sp³-hybridized carbons (Fsp3) is 0.308. The molecule has 1 aromatic carbocycles. The van der Waals surface area contributed by atoms with Gasteiger partial charge in [0, 0.05) is 26.2 Å². The molecule has 0 fully saturated rings. The maximum atomic E-state index is 11.1. The lowest BCUT2D eigenvalue weighted by molar-refractivity contribution is -0.128. The minimum Gasteiger partial charge on any atom is -0.374 e. The summed E-state index contributed by atoms with van der Waals surface area (Å²) in [6.07, 6.45) is 5.17. The Balaban J connectivity index is 2.67. The van der Waals surface area contributed by atoms with E-state index < -0.39 is 0 Å². The van der Waals surface area contributed by atoms with Gasteiger partial charge < -0.3 is 10.2 Å². The lowest BCUT2D eigenvalue weighted by Crippen LogP contribution is -2.23. The maximum absolute atomic E-state index is 11.1. The van der Waals surface area contributed by atoms with E-state index in [1.807, 2.05) is 24.3 Å². The number of anilines is 1. The van der Waals surface area contributed by atoms with Crippen LogP contribution in [0.4, 0.5) is 5.69 Å². The van der Waals surface area contributed by atoms with Crippen molar-refractivity contribution in [3.8, 4) is 12.3 Å². The third kappa shape index (κ3) is 3.66. The minimum atomic E-state index is 0.0574. The molecule has 0 aromatic heterocycles. The van der Waals surface area contributed by atoms with Gasteiger partial charge in [-0.15, -0.1) is 6.42 Å². The first-order valence-electron chi connectivity index (χ1n) is 5.11. The summed E-state index contributed by atoms with van der Waals surface area (Å²) in [5.41, 5.74) is 2.06. The molecule has 84 valence electrons. The van der Waals surface area contributed by atoms with Crippen molar-refractivity contribution in [2.45, 2.75) is 13.5 Å². The second-order valence-electron chi connectivity index (χ2n) is 3.63. The first kappa shape index (κ1) is 12.1. The van der Waals surface area contributed by atoms with Gasteiger partial charge in [0.25, 0.3) is 0 Å². The molecule has 0 unspecified atom stereocenters. The molecule has 16 heavy (non-hydrogen) atoms. The molecule has 0 atom stereocenters. The van der Waals surface area contributed by atoms with Crippen LogP contribution >= 0.6 is 0 Å². The van der Waals surface area contributed by atoms with E-state index in [1.165, 1.54) is 0 Å². The van der Waals surface area contributed by atoms with Crippen molar-refractivity contribution in [2.24, 2.45) is 0 Å². The van der Waals surface area contributed by atoms with E-state index in [0.29, 0.717) is 13.1 Å². The summed E-state index contributed by atoms with van der Waals surface area (Å²) >= 11 is 0. The fourth-order valence-corrected chi connectivity index (χ4v) is 1.32. The number of rotatable bonds is 4. The van der Waals surface area contributed by atoms with Crippen molar-refractivity contribution >= 4 is 11.6 Å². The van der Waals surface area contributed by atoms with Crippen LogP contribution in [0, 0.1) is 12.3 Å². The zero-order valence-electron chi connectivity index (χ0n) is 9.66. The number of hydrogen-bond acceptors (Lipinski definition) is 2. The average Bonchev–Trinajstić information content (AvgIpc) is 2.26. The molecule has 0 radical (unpaired) electrons. The monoisotopic (exact) mass is 216 g/mol. The van der Waals surface area contributed by atoms with Crippen LogP contribution in [0.5, 0.6) is 0 Å². The Morgan fingerprint density at radius 3 is 2.94 bits per heavy atom. The molecule has 3 heteroatoms. The van der Waals surface area contributed by atoms with Crippen LogP contribution in [-0.2, 0) is 11.3 Å². The SMILES string of the molecule is C#CCNc1cccc(CN(C)C(C)=O)c1. The normalized spacial score (nSPS) is 9.31. The molecule has 1 rings (SSSR count). The summed E-state index contributed by atoms with van der Waals surface area (Å²) in [5, 5.41) is 3.10. The Morgan fingerprint density at radius 2 is 2.31 bits per heavy atom. The number of terminal acetylenes is 1. The second-order valence-corrected chi connectivity index (χ2v) is 3.63. The van der Waals surface area contributed by atoms with Crippen LogP contribution in [0.2, 0.25) is 0 Å². The van der Waals surface area contributed by atoms with Gasteiger partial charge in [-0.05, 0) is 17.7 Å². The molecule has 0 aliphatic heterocycles. The molecule has 0 aliphatic rings. The van der Waals surface area contributed by atoms with E-state index in [4.69, 9.17) is 6.42 Å². The summed E-state index contributed by atoms with van der Waals surface area (Å²) in [7, 11) is 1.78. The van der Waals surface area contributed by atoms with Crippen LogP contribution in [0.1, 0.15) is 12.5 Å². The smallest absolute Gasteiger partial charge is 0.219 e. The Hall–Kier alpha value is -1.95. The van der Waals surface area contributed by atoms with E-state index in [2.05, 4.69) is 11.2 Å². The summed E-state index contributed by atoms with van der Waals surface area (Å²) in [4.78, 5) is 12.8. The van der Waals surface area contributed by atoms with Crippen LogP contribution in [-0.4, -0.2) is 24.4 Å².